The molecule has 1 unspecified atom stereocenters. The molecule has 47 heavy (non-hydrogen) atoms. The molecular formula is C41H68O6. The fraction of sp³-hybridized carbons (Fsp3) is 0.683. The number of hydrogen-bond acceptors (Lipinski definition) is 6. The third-order valence-electron chi connectivity index (χ3n) is 7.51. The lowest BCUT2D eigenvalue weighted by molar-refractivity contribution is -0.166. The van der Waals surface area contributed by atoms with Crippen LogP contribution in [0.1, 0.15) is 162 Å². The first kappa shape index (κ1) is 44.1. The monoisotopic (exact) mass is 657 g/mol. The summed E-state index contributed by atoms with van der Waals surface area (Å²) in [6.45, 7) is 6.27. The highest BCUT2D eigenvalue weighted by Gasteiger charge is 2.19. The SMILES string of the molecule is CC/C=C\C/C=C\C/C=C\CC(=O)OC(COC(=O)CCC/C=C\CCCCCC)COC(=O)CCCCCCC/C=C\CCCC. The minimum Gasteiger partial charge on any atom is -0.462 e. The Labute approximate surface area is 288 Å². The van der Waals surface area contributed by atoms with Crippen molar-refractivity contribution >= 4 is 17.9 Å². The van der Waals surface area contributed by atoms with Crippen molar-refractivity contribution in [2.24, 2.45) is 0 Å². The van der Waals surface area contributed by atoms with E-state index in [0.717, 1.165) is 64.2 Å². The smallest absolute Gasteiger partial charge is 0.310 e. The van der Waals surface area contributed by atoms with Gasteiger partial charge in [0.05, 0.1) is 6.42 Å². The van der Waals surface area contributed by atoms with Crippen LogP contribution < -0.4 is 0 Å². The Hall–Kier alpha value is -2.89. The van der Waals surface area contributed by atoms with E-state index in [9.17, 15) is 14.4 Å². The van der Waals surface area contributed by atoms with Crippen LogP contribution >= 0.6 is 0 Å². The molecule has 0 N–H and O–H groups in total. The third-order valence-corrected chi connectivity index (χ3v) is 7.51. The molecule has 268 valence electrons. The lowest BCUT2D eigenvalue weighted by Gasteiger charge is -2.18. The second-order valence-corrected chi connectivity index (χ2v) is 12.1. The van der Waals surface area contributed by atoms with Gasteiger partial charge in [-0.2, -0.15) is 0 Å². The Morgan fingerprint density at radius 2 is 0.936 bits per heavy atom. The molecule has 0 saturated heterocycles. The number of rotatable bonds is 32. The summed E-state index contributed by atoms with van der Waals surface area (Å²) in [5.74, 6) is -1.11. The Kier molecular flexibility index (Phi) is 33.7. The van der Waals surface area contributed by atoms with Gasteiger partial charge in [0.2, 0.25) is 0 Å². The summed E-state index contributed by atoms with van der Waals surface area (Å²) in [4.78, 5) is 37.2. The molecule has 0 aliphatic rings. The molecule has 0 saturated carbocycles. The molecule has 0 bridgehead atoms. The van der Waals surface area contributed by atoms with Gasteiger partial charge in [-0.15, -0.1) is 0 Å². The summed E-state index contributed by atoms with van der Waals surface area (Å²) >= 11 is 0. The van der Waals surface area contributed by atoms with E-state index in [1.54, 1.807) is 6.08 Å². The van der Waals surface area contributed by atoms with Gasteiger partial charge >= 0.3 is 17.9 Å². The quantitative estimate of drug-likeness (QED) is 0.0310. The van der Waals surface area contributed by atoms with Crippen LogP contribution in [0.3, 0.4) is 0 Å². The van der Waals surface area contributed by atoms with Crippen LogP contribution in [0.15, 0.2) is 60.8 Å². The summed E-state index contributed by atoms with van der Waals surface area (Å²) in [7, 11) is 0. The first-order chi connectivity index (χ1) is 23.0. The Balaban J connectivity index is 4.53. The van der Waals surface area contributed by atoms with E-state index in [4.69, 9.17) is 14.2 Å². The zero-order chi connectivity index (χ0) is 34.5. The summed E-state index contributed by atoms with van der Waals surface area (Å²) in [6, 6.07) is 0. The fourth-order valence-electron chi connectivity index (χ4n) is 4.66. The molecule has 0 aliphatic heterocycles. The van der Waals surface area contributed by atoms with Crippen molar-refractivity contribution in [2.75, 3.05) is 13.2 Å². The first-order valence-corrected chi connectivity index (χ1v) is 18.8. The number of allylic oxidation sites excluding steroid dienone is 9. The molecule has 0 rings (SSSR count). The van der Waals surface area contributed by atoms with Crippen LogP contribution in [0.25, 0.3) is 0 Å². The molecule has 0 radical (unpaired) electrons. The van der Waals surface area contributed by atoms with Crippen molar-refractivity contribution < 1.29 is 28.6 Å². The molecular weight excluding hydrogens is 588 g/mol. The van der Waals surface area contributed by atoms with E-state index in [0.29, 0.717) is 19.3 Å². The second kappa shape index (κ2) is 36.0. The van der Waals surface area contributed by atoms with Gasteiger partial charge in [-0.05, 0) is 70.6 Å². The molecule has 0 spiro atoms. The highest BCUT2D eigenvalue weighted by atomic mass is 16.6. The van der Waals surface area contributed by atoms with E-state index in [-0.39, 0.29) is 31.6 Å². The van der Waals surface area contributed by atoms with Crippen LogP contribution in [0.2, 0.25) is 0 Å². The fourth-order valence-corrected chi connectivity index (χ4v) is 4.66. The van der Waals surface area contributed by atoms with Crippen molar-refractivity contribution in [1.82, 2.24) is 0 Å². The number of unbranched alkanes of at least 4 members (excludes halogenated alkanes) is 12. The van der Waals surface area contributed by atoms with E-state index < -0.39 is 12.1 Å². The lowest BCUT2D eigenvalue weighted by Crippen LogP contribution is -2.30. The molecule has 0 aromatic carbocycles. The highest BCUT2D eigenvalue weighted by Crippen LogP contribution is 2.10. The third kappa shape index (κ3) is 34.3. The molecule has 1 atom stereocenters. The van der Waals surface area contributed by atoms with Crippen LogP contribution in [0.4, 0.5) is 0 Å². The number of ether oxygens (including phenoxy) is 3. The largest absolute Gasteiger partial charge is 0.462 e. The van der Waals surface area contributed by atoms with E-state index in [2.05, 4.69) is 69.4 Å². The normalized spacial score (nSPS) is 12.7. The number of hydrogen-bond donors (Lipinski definition) is 0. The van der Waals surface area contributed by atoms with Gasteiger partial charge < -0.3 is 14.2 Å². The Morgan fingerprint density at radius 1 is 0.468 bits per heavy atom. The predicted octanol–water partition coefficient (Wildman–Crippen LogP) is 11.4. The van der Waals surface area contributed by atoms with E-state index >= 15 is 0 Å². The molecule has 0 aromatic heterocycles. The topological polar surface area (TPSA) is 78.9 Å². The van der Waals surface area contributed by atoms with Gasteiger partial charge in [-0.1, -0.05) is 133 Å². The maximum Gasteiger partial charge on any atom is 0.310 e. The molecule has 0 aliphatic carbocycles. The maximum absolute atomic E-state index is 12.5. The number of esters is 3. The van der Waals surface area contributed by atoms with Crippen molar-refractivity contribution in [3.8, 4) is 0 Å². The minimum absolute atomic E-state index is 0.0985. The van der Waals surface area contributed by atoms with Gasteiger partial charge in [-0.25, -0.2) is 0 Å². The van der Waals surface area contributed by atoms with E-state index in [1.807, 2.05) is 6.08 Å². The Morgan fingerprint density at radius 3 is 1.53 bits per heavy atom. The highest BCUT2D eigenvalue weighted by molar-refractivity contribution is 5.72. The summed E-state index contributed by atoms with van der Waals surface area (Å²) in [5, 5.41) is 0. The van der Waals surface area contributed by atoms with Crippen molar-refractivity contribution in [3.05, 3.63) is 60.8 Å². The Bertz CT molecular complexity index is 898. The minimum atomic E-state index is -0.831. The van der Waals surface area contributed by atoms with Crippen LogP contribution in [0, 0.1) is 0 Å². The summed E-state index contributed by atoms with van der Waals surface area (Å²) in [6.07, 6.45) is 41.1. The van der Waals surface area contributed by atoms with Crippen molar-refractivity contribution in [2.45, 2.75) is 168 Å². The van der Waals surface area contributed by atoms with Gasteiger partial charge in [0.1, 0.15) is 13.2 Å². The van der Waals surface area contributed by atoms with Gasteiger partial charge in [-0.3, -0.25) is 14.4 Å². The molecule has 0 heterocycles. The molecule has 0 amide bonds. The van der Waals surface area contributed by atoms with Crippen LogP contribution in [-0.4, -0.2) is 37.2 Å². The van der Waals surface area contributed by atoms with Crippen molar-refractivity contribution in [3.63, 3.8) is 0 Å². The summed E-state index contributed by atoms with van der Waals surface area (Å²) < 4.78 is 16.4. The first-order valence-electron chi connectivity index (χ1n) is 18.8. The van der Waals surface area contributed by atoms with Crippen LogP contribution in [0.5, 0.6) is 0 Å². The standard InChI is InChI=1S/C41H68O6/c1-4-7-10-13-16-19-20-23-25-28-31-34-40(43)46-37-38(47-41(44)35-32-29-26-22-18-15-12-9-6-3)36-45-39(42)33-30-27-24-21-17-14-11-8-5-2/h9,12-13,16,18,21-22,24,29,32,38H,4-8,10-11,14-15,17,19-20,23,25-28,30-31,33-37H2,1-3H3/b12-9-,16-13-,22-18-,24-21-,32-29-. The average Bonchev–Trinajstić information content (AvgIpc) is 3.06. The zero-order valence-corrected chi connectivity index (χ0v) is 30.3. The maximum atomic E-state index is 12.5. The molecule has 0 fully saturated rings. The number of carbonyl (C=O) groups is 3. The van der Waals surface area contributed by atoms with Gasteiger partial charge in [0.15, 0.2) is 6.10 Å². The van der Waals surface area contributed by atoms with Gasteiger partial charge in [0.25, 0.3) is 0 Å². The molecule has 0 aromatic rings. The van der Waals surface area contributed by atoms with Crippen LogP contribution in [-0.2, 0) is 28.6 Å². The lowest BCUT2D eigenvalue weighted by atomic mass is 10.1. The zero-order valence-electron chi connectivity index (χ0n) is 30.3. The van der Waals surface area contributed by atoms with Crippen molar-refractivity contribution in [1.29, 1.82) is 0 Å². The average molecular weight is 657 g/mol. The summed E-state index contributed by atoms with van der Waals surface area (Å²) in [5.41, 5.74) is 0. The van der Waals surface area contributed by atoms with E-state index in [1.165, 1.54) is 51.4 Å². The second-order valence-electron chi connectivity index (χ2n) is 12.1. The molecule has 6 heteroatoms. The molecule has 6 nitrogen and oxygen atoms in total. The number of carbonyl (C=O) groups excluding carboxylic acids is 3. The van der Waals surface area contributed by atoms with Gasteiger partial charge in [0, 0.05) is 12.8 Å². The predicted molar refractivity (Wildman–Crippen MR) is 196 cm³/mol.